The molecule has 426 valence electrons. The van der Waals surface area contributed by atoms with Crippen LogP contribution in [0.1, 0.15) is 173 Å². The average Bonchev–Trinajstić information content (AvgIpc) is 4.26. The van der Waals surface area contributed by atoms with Gasteiger partial charge in [-0.1, -0.05) is 89.5 Å². The highest BCUT2D eigenvalue weighted by Gasteiger charge is 2.61. The van der Waals surface area contributed by atoms with E-state index in [1.54, 1.807) is 0 Å². The first-order valence-electron chi connectivity index (χ1n) is 28.3. The van der Waals surface area contributed by atoms with Crippen LogP contribution < -0.4 is 0 Å². The number of hydrogen-bond donors (Lipinski definition) is 0. The van der Waals surface area contributed by atoms with Crippen LogP contribution in [0.2, 0.25) is 0 Å². The molecule has 73 heavy (non-hydrogen) atoms. The van der Waals surface area contributed by atoms with Gasteiger partial charge < -0.3 is 28.4 Å². The van der Waals surface area contributed by atoms with Crippen LogP contribution in [0.4, 0.5) is 0 Å². The Morgan fingerprint density at radius 1 is 0.452 bits per heavy atom. The van der Waals surface area contributed by atoms with E-state index in [2.05, 4.69) is 4.18 Å². The zero-order valence-electron chi connectivity index (χ0n) is 45.9. The van der Waals surface area contributed by atoms with Crippen molar-refractivity contribution in [3.63, 3.8) is 0 Å². The molecule has 18 unspecified atom stereocenters. The lowest BCUT2D eigenvalue weighted by atomic mass is 9.80. The molecule has 18 atom stereocenters. The van der Waals surface area contributed by atoms with Gasteiger partial charge in [0.15, 0.2) is 0 Å². The second kappa shape index (κ2) is 29.1. The third-order valence-corrected chi connectivity index (χ3v) is 20.4. The van der Waals surface area contributed by atoms with Gasteiger partial charge in [0.05, 0.1) is 91.8 Å². The van der Waals surface area contributed by atoms with Crippen molar-refractivity contribution in [3.05, 3.63) is 0 Å². The number of carbonyl (C=O) groups is 3. The van der Waals surface area contributed by atoms with E-state index < -0.39 is 30.4 Å². The van der Waals surface area contributed by atoms with E-state index in [1.165, 1.54) is 12.8 Å². The minimum atomic E-state index is -3.26. The van der Waals surface area contributed by atoms with Crippen molar-refractivity contribution < 1.29 is 80.6 Å². The van der Waals surface area contributed by atoms with Crippen LogP contribution in [0.15, 0.2) is 0 Å². The lowest BCUT2D eigenvalue weighted by molar-refractivity contribution is -0.161. The average molecular weight is 1100 g/mol. The predicted molar refractivity (Wildman–Crippen MR) is 274 cm³/mol. The minimum Gasteiger partial charge on any atom is -0.465 e. The molecule has 0 spiro atoms. The highest BCUT2D eigenvalue weighted by Crippen LogP contribution is 2.54. The maximum Gasteiger partial charge on any atom is 0.312 e. The van der Waals surface area contributed by atoms with Crippen LogP contribution in [-0.4, -0.2) is 135 Å². The fourth-order valence-corrected chi connectivity index (χ4v) is 17.3. The number of ether oxygens (including phenoxy) is 6. The Morgan fingerprint density at radius 2 is 1.07 bits per heavy atom. The third kappa shape index (κ3) is 15.0. The van der Waals surface area contributed by atoms with E-state index in [-0.39, 0.29) is 88.5 Å². The zero-order valence-corrected chi connectivity index (χ0v) is 48.4. The van der Waals surface area contributed by atoms with Crippen LogP contribution in [-0.2, 0) is 85.7 Å². The third-order valence-electron chi connectivity index (χ3n) is 15.6. The van der Waals surface area contributed by atoms with Crippen molar-refractivity contribution in [1.29, 1.82) is 0 Å². The number of esters is 3. The van der Waals surface area contributed by atoms with Crippen molar-refractivity contribution in [2.75, 3.05) is 32.2 Å². The van der Waals surface area contributed by atoms with Crippen LogP contribution in [0.5, 0.6) is 0 Å². The van der Waals surface area contributed by atoms with Gasteiger partial charge >= 0.3 is 17.9 Å². The van der Waals surface area contributed by atoms with E-state index in [1.807, 2.05) is 83.1 Å². The number of carbonyl (C=O) groups excluding carboxylic acids is 3. The molecule has 0 N–H and O–H groups in total. The second-order valence-corrected chi connectivity index (χ2v) is 24.7. The Kier molecular flexibility index (Phi) is 25.4. The maximum absolute atomic E-state index is 11.3. The summed E-state index contributed by atoms with van der Waals surface area (Å²) in [4.78, 5) is 33.3. The number of rotatable bonds is 0. The van der Waals surface area contributed by atoms with Gasteiger partial charge in [0, 0.05) is 24.2 Å². The molecule has 3 saturated carbocycles. The molecule has 12 heterocycles. The summed E-state index contributed by atoms with van der Waals surface area (Å²) in [5, 5.41) is -0.488. The number of hydrogen-bond acceptors (Lipinski definition) is 18. The van der Waals surface area contributed by atoms with Gasteiger partial charge in [0.2, 0.25) is 0 Å². The van der Waals surface area contributed by atoms with E-state index in [9.17, 15) is 39.6 Å². The summed E-state index contributed by atoms with van der Waals surface area (Å²) < 4.78 is 111. The molecule has 0 amide bonds. The van der Waals surface area contributed by atoms with E-state index in [0.717, 1.165) is 64.2 Å². The molecule has 15 aliphatic rings. The molecule has 0 aromatic rings. The molecule has 18 nitrogen and oxygen atoms in total. The van der Waals surface area contributed by atoms with Crippen LogP contribution >= 0.6 is 0 Å². The summed E-state index contributed by atoms with van der Waals surface area (Å²) in [6.07, 6.45) is 14.8. The first kappa shape index (κ1) is 63.6. The fourth-order valence-electron chi connectivity index (χ4n) is 12.7. The SMILES string of the molecule is CC.CC.CC.CC.CC.CC.O=C1OCC2C3CCC(O3)C12.O=C1OCC2CC3CC1C2O3.O=C1OCC2CCCC1C2.O=S1(=O)CCCO1.O=S1(=O)OC2CC3CC1C2O3.O=S1(=O)OC2CC3CC2C1C3. The Labute approximate surface area is 438 Å². The van der Waals surface area contributed by atoms with E-state index in [4.69, 9.17) is 36.8 Å². The summed E-state index contributed by atoms with van der Waals surface area (Å²) in [6, 6.07) is 0. The van der Waals surface area contributed by atoms with Gasteiger partial charge in [-0.15, -0.1) is 0 Å². The summed E-state index contributed by atoms with van der Waals surface area (Å²) in [7, 11) is -9.43. The van der Waals surface area contributed by atoms with Crippen molar-refractivity contribution in [2.24, 2.45) is 47.3 Å². The van der Waals surface area contributed by atoms with Crippen molar-refractivity contribution in [3.8, 4) is 0 Å². The van der Waals surface area contributed by atoms with Crippen molar-refractivity contribution in [1.82, 2.24) is 0 Å². The summed E-state index contributed by atoms with van der Waals surface area (Å²) in [5.74, 6) is 3.21. The highest BCUT2D eigenvalue weighted by atomic mass is 32.2. The Morgan fingerprint density at radius 3 is 1.59 bits per heavy atom. The van der Waals surface area contributed by atoms with E-state index >= 15 is 0 Å². The van der Waals surface area contributed by atoms with E-state index in [0.29, 0.717) is 81.1 Å². The van der Waals surface area contributed by atoms with Gasteiger partial charge in [-0.2, -0.15) is 25.3 Å². The Hall–Kier alpha value is -1.98. The topological polar surface area (TPSA) is 237 Å². The first-order chi connectivity index (χ1) is 35.1. The molecule has 21 heteroatoms. The lowest BCUT2D eigenvalue weighted by Crippen LogP contribution is -2.41. The minimum absolute atomic E-state index is 0.0257. The molecule has 0 radical (unpaired) electrons. The fraction of sp³-hybridized carbons (Fsp3) is 0.942. The molecule has 10 bridgehead atoms. The lowest BCUT2D eigenvalue weighted by Gasteiger charge is -2.32. The molecular weight excluding hydrogens is 1010 g/mol. The van der Waals surface area contributed by atoms with Gasteiger partial charge in [-0.05, 0) is 88.9 Å². The molecule has 12 saturated heterocycles. The zero-order chi connectivity index (χ0) is 54.4. The van der Waals surface area contributed by atoms with Gasteiger partial charge in [-0.3, -0.25) is 26.9 Å². The molecule has 3 aliphatic carbocycles. The summed E-state index contributed by atoms with van der Waals surface area (Å²) in [6.45, 7) is 26.3. The summed E-state index contributed by atoms with van der Waals surface area (Å²) in [5.41, 5.74) is 0. The largest absolute Gasteiger partial charge is 0.465 e. The van der Waals surface area contributed by atoms with Crippen LogP contribution in [0, 0.1) is 47.3 Å². The molecule has 0 aromatic heterocycles. The van der Waals surface area contributed by atoms with Gasteiger partial charge in [0.25, 0.3) is 30.4 Å². The van der Waals surface area contributed by atoms with Crippen LogP contribution in [0.25, 0.3) is 0 Å². The molecular formula is C52H92O18S3. The Bertz CT molecular complexity index is 1990. The summed E-state index contributed by atoms with van der Waals surface area (Å²) >= 11 is 0. The molecule has 12 aliphatic heterocycles. The molecule has 15 rings (SSSR count). The predicted octanol–water partition coefficient (Wildman–Crippen LogP) is 8.08. The van der Waals surface area contributed by atoms with Crippen molar-refractivity contribution >= 4 is 48.3 Å². The van der Waals surface area contributed by atoms with Gasteiger partial charge in [0.1, 0.15) is 17.5 Å². The number of fused-ring (bicyclic) bond motifs is 10. The quantitative estimate of drug-likeness (QED) is 0.127. The maximum atomic E-state index is 11.3. The molecule has 0 aromatic carbocycles. The second-order valence-electron chi connectivity index (χ2n) is 19.4. The Balaban J connectivity index is 0.000000183. The van der Waals surface area contributed by atoms with Gasteiger partial charge in [-0.25, -0.2) is 0 Å². The molecule has 15 fully saturated rings. The first-order valence-corrected chi connectivity index (χ1v) is 32.8. The van der Waals surface area contributed by atoms with Crippen LogP contribution in [0.3, 0.4) is 0 Å². The standard InChI is InChI=1S/2C8H10O3.C8H12O2.C7H10O3S.C6H8O4S.C3H6O3S.6C2H6/c9-8-6-2-5-1-4(3-10-8)7(6)11-5;9-8-7-4(3-10-8)5-1-2-6(7)11-5;9-8-7-3-1-2-6(4-7)5-10-8;8-11(9)7-3-4-1-5(7)6(2-4)10-11;7-11(8)5-2-3-1-4(10-11)6(5)9-3;4-7(5)3-1-2-6-7;6*1-2/h2*4-7H,1-3H2;6-7H,1-5H2;4-7H,1-3H2;3-6H,1-2H2;1-3H2;6*1-2H3. The highest BCUT2D eigenvalue weighted by molar-refractivity contribution is 7.88. The van der Waals surface area contributed by atoms with Crippen molar-refractivity contribution in [2.45, 2.75) is 232 Å². The smallest absolute Gasteiger partial charge is 0.312 e. The normalized spacial score (nSPS) is 41.7. The monoisotopic (exact) mass is 1100 g/mol. The number of cyclic esters (lactones) is 3.